The molecule has 0 saturated heterocycles. The third kappa shape index (κ3) is 1.74. The summed E-state index contributed by atoms with van der Waals surface area (Å²) in [7, 11) is 3.05. The van der Waals surface area contributed by atoms with E-state index in [-0.39, 0.29) is 11.2 Å². The number of Topliss-reactive ketones (excluding diaryl/α,β-unsaturated/α-hetero) is 1. The zero-order valence-corrected chi connectivity index (χ0v) is 12.3. The minimum Gasteiger partial charge on any atom is -0.497 e. The molecular weight excluding hydrogens is 244 g/mol. The third-order valence-corrected chi connectivity index (χ3v) is 3.44. The zero-order valence-electron chi connectivity index (χ0n) is 12.3. The Kier molecular flexibility index (Phi) is 3.09. The molecule has 0 amide bonds. The summed E-state index contributed by atoms with van der Waals surface area (Å²) in [5, 5.41) is 0. The number of ether oxygens (including phenoxy) is 2. The van der Waals surface area contributed by atoms with Gasteiger partial charge in [0.05, 0.1) is 7.11 Å². The van der Waals surface area contributed by atoms with E-state index < -0.39 is 5.60 Å². The quantitative estimate of drug-likeness (QED) is 0.842. The predicted molar refractivity (Wildman–Crippen MR) is 70.6 cm³/mol. The standard InChI is InChI=1S/C15H20O4/c1-9-7-8-10(19-9)15(18-6)12(16)11(13(15)17-5)14(2,3)4/h7-8H,1-6H3. The number of rotatable bonds is 3. The van der Waals surface area contributed by atoms with E-state index in [1.54, 1.807) is 13.2 Å². The van der Waals surface area contributed by atoms with E-state index in [4.69, 9.17) is 13.9 Å². The van der Waals surface area contributed by atoms with Crippen LogP contribution in [0.4, 0.5) is 0 Å². The molecule has 1 heterocycles. The summed E-state index contributed by atoms with van der Waals surface area (Å²) in [5.41, 5.74) is -0.844. The molecule has 0 radical (unpaired) electrons. The van der Waals surface area contributed by atoms with Crippen LogP contribution >= 0.6 is 0 Å². The van der Waals surface area contributed by atoms with Crippen LogP contribution in [0.2, 0.25) is 0 Å². The van der Waals surface area contributed by atoms with Gasteiger partial charge < -0.3 is 13.9 Å². The van der Waals surface area contributed by atoms with Crippen LogP contribution in [0.25, 0.3) is 0 Å². The van der Waals surface area contributed by atoms with Crippen LogP contribution in [0.5, 0.6) is 0 Å². The van der Waals surface area contributed by atoms with E-state index in [0.717, 1.165) is 5.76 Å². The minimum absolute atomic E-state index is 0.0892. The Morgan fingerprint density at radius 1 is 1.21 bits per heavy atom. The van der Waals surface area contributed by atoms with Crippen molar-refractivity contribution in [2.24, 2.45) is 5.41 Å². The van der Waals surface area contributed by atoms with E-state index in [2.05, 4.69) is 0 Å². The number of carbonyl (C=O) groups excluding carboxylic acids is 1. The van der Waals surface area contributed by atoms with Crippen LogP contribution in [0.3, 0.4) is 0 Å². The van der Waals surface area contributed by atoms with Gasteiger partial charge in [-0.3, -0.25) is 4.79 Å². The fourth-order valence-corrected chi connectivity index (χ4v) is 2.56. The molecule has 2 rings (SSSR count). The number of carbonyl (C=O) groups is 1. The Morgan fingerprint density at radius 3 is 2.21 bits per heavy atom. The van der Waals surface area contributed by atoms with E-state index in [0.29, 0.717) is 17.1 Å². The Labute approximate surface area is 113 Å². The monoisotopic (exact) mass is 264 g/mol. The minimum atomic E-state index is -1.22. The normalized spacial score (nSPS) is 23.6. The van der Waals surface area contributed by atoms with Gasteiger partial charge >= 0.3 is 0 Å². The predicted octanol–water partition coefficient (Wildman–Crippen LogP) is 2.96. The first kappa shape index (κ1) is 13.9. The molecule has 0 bridgehead atoms. The molecule has 0 fully saturated rings. The molecule has 0 saturated carbocycles. The Morgan fingerprint density at radius 2 is 1.84 bits per heavy atom. The lowest BCUT2D eigenvalue weighted by molar-refractivity contribution is -0.150. The average molecular weight is 264 g/mol. The molecule has 1 atom stereocenters. The fraction of sp³-hybridized carbons (Fsp3) is 0.533. The second-order valence-electron chi connectivity index (χ2n) is 5.78. The van der Waals surface area contributed by atoms with Gasteiger partial charge in [0.1, 0.15) is 5.76 Å². The van der Waals surface area contributed by atoms with Crippen molar-refractivity contribution < 1.29 is 18.7 Å². The molecule has 104 valence electrons. The summed E-state index contributed by atoms with van der Waals surface area (Å²) in [6.45, 7) is 7.77. The fourth-order valence-electron chi connectivity index (χ4n) is 2.56. The van der Waals surface area contributed by atoms with Crippen molar-refractivity contribution >= 4 is 5.78 Å². The second-order valence-corrected chi connectivity index (χ2v) is 5.78. The molecule has 1 aromatic heterocycles. The first-order valence-electron chi connectivity index (χ1n) is 6.25. The molecule has 1 aliphatic rings. The number of furan rings is 1. The first-order valence-corrected chi connectivity index (χ1v) is 6.25. The molecule has 4 nitrogen and oxygen atoms in total. The summed E-state index contributed by atoms with van der Waals surface area (Å²) >= 11 is 0. The molecule has 1 aliphatic carbocycles. The summed E-state index contributed by atoms with van der Waals surface area (Å²) in [5.74, 6) is 1.66. The maximum Gasteiger partial charge on any atom is 0.245 e. The first-order chi connectivity index (χ1) is 8.79. The van der Waals surface area contributed by atoms with E-state index in [1.807, 2.05) is 33.8 Å². The van der Waals surface area contributed by atoms with Crippen molar-refractivity contribution in [2.75, 3.05) is 14.2 Å². The van der Waals surface area contributed by atoms with Crippen LogP contribution in [-0.4, -0.2) is 20.0 Å². The largest absolute Gasteiger partial charge is 0.497 e. The van der Waals surface area contributed by atoms with Gasteiger partial charge in [-0.05, 0) is 24.5 Å². The molecule has 0 spiro atoms. The highest BCUT2D eigenvalue weighted by molar-refractivity contribution is 6.12. The highest BCUT2D eigenvalue weighted by Gasteiger charge is 2.61. The summed E-state index contributed by atoms with van der Waals surface area (Å²) in [4.78, 5) is 12.6. The number of hydrogen-bond donors (Lipinski definition) is 0. The molecule has 0 aromatic carbocycles. The van der Waals surface area contributed by atoms with Crippen LogP contribution in [0.15, 0.2) is 27.9 Å². The molecule has 0 aliphatic heterocycles. The average Bonchev–Trinajstić information content (AvgIpc) is 2.72. The van der Waals surface area contributed by atoms with E-state index in [1.165, 1.54) is 7.11 Å². The van der Waals surface area contributed by atoms with Gasteiger partial charge in [0.25, 0.3) is 0 Å². The van der Waals surface area contributed by atoms with Crippen molar-refractivity contribution in [1.82, 2.24) is 0 Å². The molecule has 1 unspecified atom stereocenters. The second kappa shape index (κ2) is 4.23. The lowest BCUT2D eigenvalue weighted by atomic mass is 9.66. The van der Waals surface area contributed by atoms with Gasteiger partial charge in [-0.15, -0.1) is 0 Å². The van der Waals surface area contributed by atoms with Crippen LogP contribution in [-0.2, 0) is 19.9 Å². The van der Waals surface area contributed by atoms with Crippen molar-refractivity contribution in [3.05, 3.63) is 35.0 Å². The lowest BCUT2D eigenvalue weighted by Gasteiger charge is -2.44. The Balaban J connectivity index is 2.61. The molecule has 4 heteroatoms. The van der Waals surface area contributed by atoms with Gasteiger partial charge in [0.15, 0.2) is 11.5 Å². The van der Waals surface area contributed by atoms with Gasteiger partial charge in [-0.2, -0.15) is 0 Å². The van der Waals surface area contributed by atoms with Crippen molar-refractivity contribution in [3.8, 4) is 0 Å². The van der Waals surface area contributed by atoms with Crippen LogP contribution < -0.4 is 0 Å². The summed E-state index contributed by atoms with van der Waals surface area (Å²) < 4.78 is 16.5. The van der Waals surface area contributed by atoms with Crippen molar-refractivity contribution in [3.63, 3.8) is 0 Å². The third-order valence-electron chi connectivity index (χ3n) is 3.44. The van der Waals surface area contributed by atoms with Crippen molar-refractivity contribution in [2.45, 2.75) is 33.3 Å². The van der Waals surface area contributed by atoms with Gasteiger partial charge in [-0.25, -0.2) is 0 Å². The maximum absolute atomic E-state index is 12.6. The summed E-state index contributed by atoms with van der Waals surface area (Å²) in [6.07, 6.45) is 0. The highest BCUT2D eigenvalue weighted by atomic mass is 16.6. The molecular formula is C15H20O4. The molecule has 19 heavy (non-hydrogen) atoms. The van der Waals surface area contributed by atoms with Crippen LogP contribution in [0, 0.1) is 12.3 Å². The Bertz CT molecular complexity index is 545. The Hall–Kier alpha value is -1.55. The maximum atomic E-state index is 12.6. The SMILES string of the molecule is COC1=C(C(C)(C)C)C(=O)C1(OC)c1ccc(C)o1. The number of methoxy groups -OCH3 is 2. The lowest BCUT2D eigenvalue weighted by Crippen LogP contribution is -2.53. The van der Waals surface area contributed by atoms with Crippen molar-refractivity contribution in [1.29, 1.82) is 0 Å². The highest BCUT2D eigenvalue weighted by Crippen LogP contribution is 2.52. The number of aryl methyl sites for hydroxylation is 1. The van der Waals surface area contributed by atoms with Gasteiger partial charge in [0, 0.05) is 12.7 Å². The topological polar surface area (TPSA) is 48.7 Å². The number of ketones is 1. The summed E-state index contributed by atoms with van der Waals surface area (Å²) in [6, 6.07) is 3.57. The zero-order chi connectivity index (χ0) is 14.4. The smallest absolute Gasteiger partial charge is 0.245 e. The van der Waals surface area contributed by atoms with Crippen LogP contribution in [0.1, 0.15) is 32.3 Å². The van der Waals surface area contributed by atoms with Gasteiger partial charge in [0.2, 0.25) is 11.4 Å². The van der Waals surface area contributed by atoms with E-state index >= 15 is 0 Å². The van der Waals surface area contributed by atoms with E-state index in [9.17, 15) is 4.79 Å². The molecule has 1 aromatic rings. The van der Waals surface area contributed by atoms with Gasteiger partial charge in [-0.1, -0.05) is 20.8 Å². The number of hydrogen-bond acceptors (Lipinski definition) is 4. The molecule has 0 N–H and O–H groups in total.